The number of cyclic esters (lactones) is 1. The molecule has 2 aromatic carbocycles. The molecule has 0 aromatic heterocycles. The summed E-state index contributed by atoms with van der Waals surface area (Å²) in [4.78, 5) is 11.6. The third-order valence-electron chi connectivity index (χ3n) is 2.86. The number of benzene rings is 2. The molecule has 0 aliphatic carbocycles. The Hall–Kier alpha value is -2.29. The SMILES string of the molecule is O=C1OC(c2cccc(O)c2)c2ccccc21. The quantitative estimate of drug-likeness (QED) is 0.760. The van der Waals surface area contributed by atoms with Crippen LogP contribution in [0.25, 0.3) is 0 Å². The molecule has 1 aliphatic heterocycles. The normalized spacial score (nSPS) is 17.6. The second-order valence-electron chi connectivity index (χ2n) is 3.97. The first-order valence-corrected chi connectivity index (χ1v) is 5.34. The average molecular weight is 226 g/mol. The Kier molecular flexibility index (Phi) is 2.11. The van der Waals surface area contributed by atoms with Crippen molar-refractivity contribution in [3.8, 4) is 5.75 Å². The van der Waals surface area contributed by atoms with Gasteiger partial charge in [-0.1, -0.05) is 30.3 Å². The van der Waals surface area contributed by atoms with Crippen molar-refractivity contribution < 1.29 is 14.6 Å². The molecule has 0 amide bonds. The number of carbonyl (C=O) groups is 1. The predicted molar refractivity (Wildman–Crippen MR) is 61.8 cm³/mol. The van der Waals surface area contributed by atoms with Crippen molar-refractivity contribution in [3.05, 3.63) is 65.2 Å². The van der Waals surface area contributed by atoms with E-state index in [1.165, 1.54) is 0 Å². The van der Waals surface area contributed by atoms with Gasteiger partial charge in [-0.25, -0.2) is 4.79 Å². The Morgan fingerprint density at radius 1 is 1.06 bits per heavy atom. The van der Waals surface area contributed by atoms with E-state index in [-0.39, 0.29) is 11.7 Å². The zero-order valence-corrected chi connectivity index (χ0v) is 8.96. The number of hydrogen-bond acceptors (Lipinski definition) is 3. The highest BCUT2D eigenvalue weighted by Crippen LogP contribution is 2.36. The molecule has 0 spiro atoms. The summed E-state index contributed by atoms with van der Waals surface area (Å²) < 4.78 is 5.32. The van der Waals surface area contributed by atoms with E-state index >= 15 is 0 Å². The molecule has 17 heavy (non-hydrogen) atoms. The summed E-state index contributed by atoms with van der Waals surface area (Å²) in [5.41, 5.74) is 2.23. The lowest BCUT2D eigenvalue weighted by Gasteiger charge is -2.11. The predicted octanol–water partition coefficient (Wildman–Crippen LogP) is 2.65. The number of hydrogen-bond donors (Lipinski definition) is 1. The van der Waals surface area contributed by atoms with E-state index in [0.29, 0.717) is 5.56 Å². The van der Waals surface area contributed by atoms with Gasteiger partial charge < -0.3 is 9.84 Å². The van der Waals surface area contributed by atoms with Crippen molar-refractivity contribution in [2.75, 3.05) is 0 Å². The Bertz CT molecular complexity index is 590. The molecule has 3 nitrogen and oxygen atoms in total. The topological polar surface area (TPSA) is 46.5 Å². The van der Waals surface area contributed by atoms with Crippen molar-refractivity contribution in [3.63, 3.8) is 0 Å². The van der Waals surface area contributed by atoms with E-state index in [1.807, 2.05) is 24.3 Å². The lowest BCUT2D eigenvalue weighted by molar-refractivity contribution is 0.0455. The van der Waals surface area contributed by atoms with Crippen LogP contribution in [0.4, 0.5) is 0 Å². The zero-order valence-electron chi connectivity index (χ0n) is 8.96. The maximum Gasteiger partial charge on any atom is 0.339 e. The molecule has 3 heteroatoms. The largest absolute Gasteiger partial charge is 0.508 e. The fourth-order valence-electron chi connectivity index (χ4n) is 2.08. The molecule has 3 rings (SSSR count). The van der Waals surface area contributed by atoms with Crippen molar-refractivity contribution >= 4 is 5.97 Å². The van der Waals surface area contributed by atoms with Crippen LogP contribution in [-0.4, -0.2) is 11.1 Å². The summed E-state index contributed by atoms with van der Waals surface area (Å²) in [6, 6.07) is 14.1. The van der Waals surface area contributed by atoms with Gasteiger partial charge in [0.2, 0.25) is 0 Å². The van der Waals surface area contributed by atoms with E-state index in [0.717, 1.165) is 11.1 Å². The van der Waals surface area contributed by atoms with Crippen LogP contribution in [0.5, 0.6) is 5.75 Å². The van der Waals surface area contributed by atoms with Crippen molar-refractivity contribution in [1.82, 2.24) is 0 Å². The highest BCUT2D eigenvalue weighted by atomic mass is 16.5. The Morgan fingerprint density at radius 3 is 2.71 bits per heavy atom. The number of carbonyl (C=O) groups excluding carboxylic acids is 1. The molecule has 1 unspecified atom stereocenters. The summed E-state index contributed by atoms with van der Waals surface area (Å²) in [5, 5.41) is 9.45. The van der Waals surface area contributed by atoms with Crippen molar-refractivity contribution in [2.24, 2.45) is 0 Å². The fraction of sp³-hybridized carbons (Fsp3) is 0.0714. The minimum Gasteiger partial charge on any atom is -0.508 e. The van der Waals surface area contributed by atoms with Crippen molar-refractivity contribution in [2.45, 2.75) is 6.10 Å². The third kappa shape index (κ3) is 1.56. The third-order valence-corrected chi connectivity index (χ3v) is 2.86. The van der Waals surface area contributed by atoms with E-state index in [9.17, 15) is 9.90 Å². The van der Waals surface area contributed by atoms with Gasteiger partial charge in [-0.3, -0.25) is 0 Å². The van der Waals surface area contributed by atoms with E-state index in [1.54, 1.807) is 24.3 Å². The molecule has 84 valence electrons. The summed E-state index contributed by atoms with van der Waals surface area (Å²) in [7, 11) is 0. The van der Waals surface area contributed by atoms with Crippen LogP contribution in [0.2, 0.25) is 0 Å². The van der Waals surface area contributed by atoms with Crippen LogP contribution in [0, 0.1) is 0 Å². The second kappa shape index (κ2) is 3.63. The Morgan fingerprint density at radius 2 is 1.88 bits per heavy atom. The molecule has 0 fully saturated rings. The van der Waals surface area contributed by atoms with Gasteiger partial charge in [0.05, 0.1) is 5.56 Å². The fourth-order valence-corrected chi connectivity index (χ4v) is 2.08. The molecule has 0 saturated heterocycles. The first kappa shape index (κ1) is 9.90. The first-order valence-electron chi connectivity index (χ1n) is 5.34. The van der Waals surface area contributed by atoms with Crippen LogP contribution in [-0.2, 0) is 4.74 Å². The summed E-state index contributed by atoms with van der Waals surface area (Å²) in [5.74, 6) is -0.142. The number of ether oxygens (including phenoxy) is 1. The van der Waals surface area contributed by atoms with Crippen LogP contribution in [0.3, 0.4) is 0 Å². The van der Waals surface area contributed by atoms with Gasteiger partial charge in [-0.15, -0.1) is 0 Å². The minimum atomic E-state index is -0.411. The monoisotopic (exact) mass is 226 g/mol. The number of phenolic OH excluding ortho intramolecular Hbond substituents is 1. The second-order valence-corrected chi connectivity index (χ2v) is 3.97. The van der Waals surface area contributed by atoms with Gasteiger partial charge in [-0.05, 0) is 18.2 Å². The maximum absolute atomic E-state index is 11.6. The van der Waals surface area contributed by atoms with E-state index in [4.69, 9.17) is 4.74 Å². The number of phenols is 1. The summed E-state index contributed by atoms with van der Waals surface area (Å²) >= 11 is 0. The lowest BCUT2D eigenvalue weighted by atomic mass is 9.99. The smallest absolute Gasteiger partial charge is 0.339 e. The standard InChI is InChI=1S/C14H10O3/c15-10-5-3-4-9(8-10)13-11-6-1-2-7-12(11)14(16)17-13/h1-8,13,15H. The molecular weight excluding hydrogens is 216 g/mol. The van der Waals surface area contributed by atoms with Gasteiger partial charge in [0.25, 0.3) is 0 Å². The Labute approximate surface area is 98.3 Å². The number of aromatic hydroxyl groups is 1. The summed E-state index contributed by atoms with van der Waals surface area (Å²) in [6.07, 6.45) is -0.411. The Balaban J connectivity index is 2.10. The van der Waals surface area contributed by atoms with Gasteiger partial charge in [0, 0.05) is 11.1 Å². The molecular formula is C14H10O3. The maximum atomic E-state index is 11.6. The molecule has 1 heterocycles. The van der Waals surface area contributed by atoms with E-state index < -0.39 is 6.10 Å². The van der Waals surface area contributed by atoms with Crippen LogP contribution >= 0.6 is 0 Å². The van der Waals surface area contributed by atoms with Crippen molar-refractivity contribution in [1.29, 1.82) is 0 Å². The first-order chi connectivity index (χ1) is 8.25. The molecule has 0 bridgehead atoms. The minimum absolute atomic E-state index is 0.169. The lowest BCUT2D eigenvalue weighted by Crippen LogP contribution is -2.00. The molecule has 0 radical (unpaired) electrons. The number of esters is 1. The van der Waals surface area contributed by atoms with Gasteiger partial charge >= 0.3 is 5.97 Å². The number of rotatable bonds is 1. The summed E-state index contributed by atoms with van der Waals surface area (Å²) in [6.45, 7) is 0. The van der Waals surface area contributed by atoms with Gasteiger partial charge in [-0.2, -0.15) is 0 Å². The molecule has 1 atom stereocenters. The molecule has 1 aliphatic rings. The number of fused-ring (bicyclic) bond motifs is 1. The van der Waals surface area contributed by atoms with Crippen LogP contribution < -0.4 is 0 Å². The van der Waals surface area contributed by atoms with Crippen LogP contribution in [0.1, 0.15) is 27.6 Å². The zero-order chi connectivity index (χ0) is 11.8. The van der Waals surface area contributed by atoms with E-state index in [2.05, 4.69) is 0 Å². The molecule has 0 saturated carbocycles. The van der Waals surface area contributed by atoms with Crippen LogP contribution in [0.15, 0.2) is 48.5 Å². The molecule has 1 N–H and O–H groups in total. The van der Waals surface area contributed by atoms with Gasteiger partial charge in [0.1, 0.15) is 5.75 Å². The van der Waals surface area contributed by atoms with Gasteiger partial charge in [0.15, 0.2) is 6.10 Å². The highest BCUT2D eigenvalue weighted by molar-refractivity contribution is 5.94. The highest BCUT2D eigenvalue weighted by Gasteiger charge is 2.31. The average Bonchev–Trinajstić information content (AvgIpc) is 2.68. The molecule has 2 aromatic rings.